The number of aryl methyl sites for hydroxylation is 2. The van der Waals surface area contributed by atoms with E-state index in [1.165, 1.54) is 4.68 Å². The van der Waals surface area contributed by atoms with Crippen LogP contribution in [0.25, 0.3) is 0 Å². The first-order valence-corrected chi connectivity index (χ1v) is 4.54. The normalized spacial score (nSPS) is 13.0. The lowest BCUT2D eigenvalue weighted by molar-refractivity contribution is 0.210. The van der Waals surface area contributed by atoms with Gasteiger partial charge >= 0.3 is 0 Å². The molecule has 0 fully saturated rings. The summed E-state index contributed by atoms with van der Waals surface area (Å²) in [6.07, 6.45) is 2.41. The van der Waals surface area contributed by atoms with E-state index in [2.05, 4.69) is 10.2 Å². The number of hydrogen-bond acceptors (Lipinski definition) is 4. The van der Waals surface area contributed by atoms with Crippen LogP contribution < -0.4 is 5.73 Å². The molecule has 0 aliphatic carbocycles. The van der Waals surface area contributed by atoms with E-state index >= 15 is 0 Å². The first-order chi connectivity index (χ1) is 7.11. The fourth-order valence-corrected chi connectivity index (χ4v) is 1.49. The maximum atomic E-state index is 10.1. The highest BCUT2D eigenvalue weighted by molar-refractivity contribution is 5.42. The Labute approximate surface area is 86.9 Å². The minimum absolute atomic E-state index is 0.462. The second-order valence-electron chi connectivity index (χ2n) is 3.39. The molecule has 2 rings (SSSR count). The molecule has 6 nitrogen and oxygen atoms in total. The largest absolute Gasteiger partial charge is 0.384 e. The number of aliphatic hydroxyl groups excluding tert-OH is 1. The van der Waals surface area contributed by atoms with Crippen molar-refractivity contribution in [1.29, 1.82) is 0 Å². The Hall–Kier alpha value is -1.82. The van der Waals surface area contributed by atoms with E-state index in [-0.39, 0.29) is 0 Å². The highest BCUT2D eigenvalue weighted by Gasteiger charge is 2.18. The molecule has 0 amide bonds. The van der Waals surface area contributed by atoms with Crippen molar-refractivity contribution >= 4 is 5.82 Å². The number of nitrogens with zero attached hydrogens (tertiary/aromatic N) is 4. The molecule has 0 aliphatic rings. The summed E-state index contributed by atoms with van der Waals surface area (Å²) < 4.78 is 3.13. The van der Waals surface area contributed by atoms with Crippen LogP contribution in [0.15, 0.2) is 18.5 Å². The van der Waals surface area contributed by atoms with Crippen molar-refractivity contribution in [3.8, 4) is 0 Å². The first kappa shape index (κ1) is 9.72. The number of rotatable bonds is 2. The summed E-state index contributed by atoms with van der Waals surface area (Å²) in [5, 5.41) is 18.0. The maximum absolute atomic E-state index is 10.1. The molecule has 1 unspecified atom stereocenters. The Morgan fingerprint density at radius 2 is 2.07 bits per heavy atom. The molecule has 0 aromatic carbocycles. The van der Waals surface area contributed by atoms with Gasteiger partial charge in [-0.25, -0.2) is 0 Å². The summed E-state index contributed by atoms with van der Waals surface area (Å²) >= 11 is 0. The van der Waals surface area contributed by atoms with Crippen LogP contribution in [0.4, 0.5) is 5.82 Å². The van der Waals surface area contributed by atoms with E-state index in [0.717, 1.165) is 0 Å². The second kappa shape index (κ2) is 3.39. The van der Waals surface area contributed by atoms with Gasteiger partial charge in [-0.05, 0) is 6.07 Å². The summed E-state index contributed by atoms with van der Waals surface area (Å²) in [4.78, 5) is 0. The Morgan fingerprint density at radius 1 is 1.33 bits per heavy atom. The van der Waals surface area contributed by atoms with E-state index in [1.807, 2.05) is 0 Å². The van der Waals surface area contributed by atoms with Crippen molar-refractivity contribution in [2.75, 3.05) is 5.73 Å². The van der Waals surface area contributed by atoms with Gasteiger partial charge in [0.15, 0.2) is 0 Å². The molecule has 2 aromatic heterocycles. The van der Waals surface area contributed by atoms with Gasteiger partial charge in [-0.2, -0.15) is 10.2 Å². The van der Waals surface area contributed by atoms with E-state index < -0.39 is 6.10 Å². The molecule has 1 atom stereocenters. The highest BCUT2D eigenvalue weighted by Crippen LogP contribution is 2.25. The molecule has 0 saturated heterocycles. The third-order valence-electron chi connectivity index (χ3n) is 2.45. The third kappa shape index (κ3) is 1.48. The van der Waals surface area contributed by atoms with Crippen molar-refractivity contribution in [2.24, 2.45) is 14.1 Å². The lowest BCUT2D eigenvalue weighted by Crippen LogP contribution is -2.08. The van der Waals surface area contributed by atoms with Gasteiger partial charge in [0, 0.05) is 25.9 Å². The summed E-state index contributed by atoms with van der Waals surface area (Å²) in [6.45, 7) is 0. The Balaban J connectivity index is 2.41. The molecular weight excluding hydrogens is 194 g/mol. The van der Waals surface area contributed by atoms with Gasteiger partial charge in [0.25, 0.3) is 0 Å². The predicted octanol–water partition coefficient (Wildman–Crippen LogP) is -0.183. The van der Waals surface area contributed by atoms with Crippen LogP contribution in [0, 0.1) is 0 Å². The minimum Gasteiger partial charge on any atom is -0.384 e. The summed E-state index contributed by atoms with van der Waals surface area (Å²) in [6, 6.07) is 1.75. The Kier molecular flexibility index (Phi) is 2.20. The molecule has 6 heteroatoms. The fourth-order valence-electron chi connectivity index (χ4n) is 1.49. The summed E-state index contributed by atoms with van der Waals surface area (Å²) in [5.74, 6) is 0.462. The number of nitrogen functional groups attached to an aromatic ring is 1. The van der Waals surface area contributed by atoms with Crippen molar-refractivity contribution in [2.45, 2.75) is 6.10 Å². The lowest BCUT2D eigenvalue weighted by atomic mass is 10.1. The summed E-state index contributed by atoms with van der Waals surface area (Å²) in [5.41, 5.74) is 7.06. The average Bonchev–Trinajstić information content (AvgIpc) is 2.75. The number of anilines is 1. The molecule has 2 aromatic rings. The van der Waals surface area contributed by atoms with Crippen LogP contribution >= 0.6 is 0 Å². The molecule has 80 valence electrons. The highest BCUT2D eigenvalue weighted by atomic mass is 16.3. The van der Waals surface area contributed by atoms with E-state index in [4.69, 9.17) is 5.73 Å². The van der Waals surface area contributed by atoms with E-state index in [1.54, 1.807) is 37.2 Å². The maximum Gasteiger partial charge on any atom is 0.127 e. The van der Waals surface area contributed by atoms with Crippen LogP contribution in [-0.2, 0) is 14.1 Å². The van der Waals surface area contributed by atoms with Crippen LogP contribution in [-0.4, -0.2) is 24.7 Å². The molecule has 0 spiro atoms. The number of hydrogen-bond donors (Lipinski definition) is 2. The fraction of sp³-hybridized carbons (Fsp3) is 0.333. The number of aliphatic hydroxyl groups is 1. The van der Waals surface area contributed by atoms with Crippen LogP contribution in [0.1, 0.15) is 17.4 Å². The van der Waals surface area contributed by atoms with Gasteiger partial charge in [0.1, 0.15) is 11.9 Å². The van der Waals surface area contributed by atoms with Gasteiger partial charge in [-0.1, -0.05) is 0 Å². The molecule has 15 heavy (non-hydrogen) atoms. The van der Waals surface area contributed by atoms with Crippen LogP contribution in [0.5, 0.6) is 0 Å². The van der Waals surface area contributed by atoms with Crippen molar-refractivity contribution in [1.82, 2.24) is 19.6 Å². The molecule has 0 aliphatic heterocycles. The Bertz CT molecular complexity index is 473. The second-order valence-corrected chi connectivity index (χ2v) is 3.39. The average molecular weight is 207 g/mol. The zero-order valence-electron chi connectivity index (χ0n) is 8.62. The van der Waals surface area contributed by atoms with E-state index in [0.29, 0.717) is 17.1 Å². The van der Waals surface area contributed by atoms with E-state index in [9.17, 15) is 5.11 Å². The smallest absolute Gasteiger partial charge is 0.127 e. The van der Waals surface area contributed by atoms with Crippen LogP contribution in [0.3, 0.4) is 0 Å². The summed E-state index contributed by atoms with van der Waals surface area (Å²) in [7, 11) is 3.50. The Morgan fingerprint density at radius 3 is 2.53 bits per heavy atom. The molecule has 0 radical (unpaired) electrons. The topological polar surface area (TPSA) is 81.9 Å². The van der Waals surface area contributed by atoms with Gasteiger partial charge < -0.3 is 10.8 Å². The minimum atomic E-state index is -0.786. The monoisotopic (exact) mass is 207 g/mol. The molecule has 3 N–H and O–H groups in total. The molecule has 2 heterocycles. The zero-order chi connectivity index (χ0) is 11.0. The van der Waals surface area contributed by atoms with Gasteiger partial charge in [0.05, 0.1) is 11.9 Å². The number of nitrogens with two attached hydrogens (primary N) is 1. The van der Waals surface area contributed by atoms with Gasteiger partial charge in [0.2, 0.25) is 0 Å². The molecule has 0 bridgehead atoms. The molecule has 0 saturated carbocycles. The van der Waals surface area contributed by atoms with Crippen molar-refractivity contribution in [3.63, 3.8) is 0 Å². The standard InChI is InChI=1S/C9H13N5O/c1-13-7(3-4-11-13)8(15)6-5-12-14(2)9(6)10/h3-5,8,15H,10H2,1-2H3. The first-order valence-electron chi connectivity index (χ1n) is 4.54. The van der Waals surface area contributed by atoms with Crippen LogP contribution in [0.2, 0.25) is 0 Å². The predicted molar refractivity (Wildman–Crippen MR) is 54.9 cm³/mol. The number of aromatic nitrogens is 4. The molecular formula is C9H13N5O. The van der Waals surface area contributed by atoms with Crippen molar-refractivity contribution < 1.29 is 5.11 Å². The quantitative estimate of drug-likeness (QED) is 0.715. The van der Waals surface area contributed by atoms with Gasteiger partial charge in [-0.15, -0.1) is 0 Å². The van der Waals surface area contributed by atoms with Gasteiger partial charge in [-0.3, -0.25) is 9.36 Å². The SMILES string of the molecule is Cn1nccc1C(O)c1cnn(C)c1N. The van der Waals surface area contributed by atoms with Crippen molar-refractivity contribution in [3.05, 3.63) is 29.7 Å². The third-order valence-corrected chi connectivity index (χ3v) is 2.45. The lowest BCUT2D eigenvalue weighted by Gasteiger charge is -2.10. The zero-order valence-corrected chi connectivity index (χ0v) is 8.62.